The molecule has 154 valence electrons. The van der Waals surface area contributed by atoms with E-state index in [-0.39, 0.29) is 0 Å². The number of aliphatic carboxylic acids is 1. The van der Waals surface area contributed by atoms with Gasteiger partial charge in [0.1, 0.15) is 18.6 Å². The van der Waals surface area contributed by atoms with Crippen molar-refractivity contribution < 1.29 is 29.1 Å². The fraction of sp³-hybridized carbons (Fsp3) is 0.667. The number of hydrogen-bond donors (Lipinski definition) is 7. The highest BCUT2D eigenvalue weighted by Crippen LogP contribution is 1.99. The molecule has 4 amide bonds. The lowest BCUT2D eigenvalue weighted by molar-refractivity contribution is -0.138. The normalized spacial score (nSPS) is 13.7. The summed E-state index contributed by atoms with van der Waals surface area (Å²) in [4.78, 5) is 57.6. The number of amides is 4. The Bertz CT molecular complexity index is 555. The molecule has 3 atom stereocenters. The molecule has 0 aromatic rings. The quantitative estimate of drug-likeness (QED) is 0.156. The van der Waals surface area contributed by atoms with E-state index in [0.717, 1.165) is 6.42 Å². The Morgan fingerprint density at radius 1 is 1.00 bits per heavy atom. The summed E-state index contributed by atoms with van der Waals surface area (Å²) in [5.74, 6) is -4.35. The van der Waals surface area contributed by atoms with Gasteiger partial charge in [0.15, 0.2) is 0 Å². The minimum atomic E-state index is -1.37. The first-order valence-corrected chi connectivity index (χ1v) is 8.42. The van der Waals surface area contributed by atoms with E-state index < -0.39 is 60.7 Å². The highest BCUT2D eigenvalue weighted by atomic mass is 16.4. The molecule has 0 rings (SSSR count). The second-order valence-corrected chi connectivity index (χ2v) is 5.96. The highest BCUT2D eigenvalue weighted by molar-refractivity contribution is 5.95. The number of hydrogen-bond acceptors (Lipinski definition) is 7. The summed E-state index contributed by atoms with van der Waals surface area (Å²) in [5.41, 5.74) is 16.1. The molecule has 0 fully saturated rings. The second-order valence-electron chi connectivity index (χ2n) is 5.96. The third-order valence-electron chi connectivity index (χ3n) is 3.51. The average Bonchev–Trinajstić information content (AvgIpc) is 2.58. The molecule has 12 heteroatoms. The van der Waals surface area contributed by atoms with Crippen LogP contribution in [-0.2, 0) is 24.0 Å². The van der Waals surface area contributed by atoms with Crippen LogP contribution in [0.15, 0.2) is 0 Å². The predicted octanol–water partition coefficient (Wildman–Crippen LogP) is -3.49. The van der Waals surface area contributed by atoms with Gasteiger partial charge in [-0.1, -0.05) is 6.42 Å². The van der Waals surface area contributed by atoms with E-state index in [1.54, 1.807) is 0 Å². The van der Waals surface area contributed by atoms with Crippen LogP contribution in [0.4, 0.5) is 0 Å². The number of rotatable bonds is 13. The van der Waals surface area contributed by atoms with Crippen LogP contribution in [0, 0.1) is 0 Å². The fourth-order valence-corrected chi connectivity index (χ4v) is 2.02. The zero-order valence-corrected chi connectivity index (χ0v) is 15.2. The maximum absolute atomic E-state index is 12.2. The first kappa shape index (κ1) is 24.3. The molecule has 0 bridgehead atoms. The molecule has 0 heterocycles. The molecule has 0 aliphatic heterocycles. The van der Waals surface area contributed by atoms with Crippen molar-refractivity contribution in [2.45, 2.75) is 50.7 Å². The van der Waals surface area contributed by atoms with Gasteiger partial charge in [-0.3, -0.25) is 24.0 Å². The van der Waals surface area contributed by atoms with Gasteiger partial charge < -0.3 is 38.3 Å². The number of carboxylic acids is 1. The predicted molar refractivity (Wildman–Crippen MR) is 94.9 cm³/mol. The van der Waals surface area contributed by atoms with Crippen LogP contribution in [0.5, 0.6) is 0 Å². The van der Waals surface area contributed by atoms with Crippen LogP contribution in [0.2, 0.25) is 0 Å². The number of carbonyl (C=O) groups is 5. The summed E-state index contributed by atoms with van der Waals surface area (Å²) in [6.07, 6.45) is 1.25. The van der Waals surface area contributed by atoms with E-state index in [9.17, 15) is 24.0 Å². The van der Waals surface area contributed by atoms with Crippen molar-refractivity contribution in [1.82, 2.24) is 16.0 Å². The van der Waals surface area contributed by atoms with E-state index >= 15 is 0 Å². The van der Waals surface area contributed by atoms with Crippen molar-refractivity contribution in [3.8, 4) is 0 Å². The third kappa shape index (κ3) is 10.8. The molecule has 10 N–H and O–H groups in total. The number of nitrogens with one attached hydrogen (secondary N) is 3. The maximum atomic E-state index is 12.2. The Morgan fingerprint density at radius 3 is 2.15 bits per heavy atom. The largest absolute Gasteiger partial charge is 0.480 e. The highest BCUT2D eigenvalue weighted by Gasteiger charge is 2.26. The summed E-state index contributed by atoms with van der Waals surface area (Å²) >= 11 is 0. The Hall–Kier alpha value is -2.73. The SMILES string of the molecule is CC(NC(=O)C(N)CCCCN)C(=O)NC(CC(N)=O)C(=O)NCC(=O)O. The van der Waals surface area contributed by atoms with Gasteiger partial charge in [0.2, 0.25) is 23.6 Å². The van der Waals surface area contributed by atoms with E-state index in [4.69, 9.17) is 22.3 Å². The van der Waals surface area contributed by atoms with Gasteiger partial charge in [-0.25, -0.2) is 0 Å². The molecular weight excluding hydrogens is 360 g/mol. The minimum absolute atomic E-state index is 0.402. The standard InChI is InChI=1S/C15H28N6O6/c1-8(20-14(26)9(17)4-2-3-5-16)13(25)21-10(6-11(18)22)15(27)19-7-12(23)24/h8-10H,2-7,16-17H2,1H3,(H2,18,22)(H,19,27)(H,20,26)(H,21,25)(H,23,24). The molecular formula is C15H28N6O6. The maximum Gasteiger partial charge on any atom is 0.322 e. The first-order valence-electron chi connectivity index (χ1n) is 8.42. The number of carbonyl (C=O) groups excluding carboxylic acids is 4. The molecule has 0 saturated heterocycles. The van der Waals surface area contributed by atoms with E-state index in [1.807, 2.05) is 5.32 Å². The van der Waals surface area contributed by atoms with Crippen LogP contribution in [0.25, 0.3) is 0 Å². The Labute approximate surface area is 156 Å². The third-order valence-corrected chi connectivity index (χ3v) is 3.51. The van der Waals surface area contributed by atoms with Gasteiger partial charge in [0.25, 0.3) is 0 Å². The number of primary amides is 1. The molecule has 0 aliphatic rings. The van der Waals surface area contributed by atoms with Crippen molar-refractivity contribution >= 4 is 29.6 Å². The Kier molecular flexibility index (Phi) is 11.3. The minimum Gasteiger partial charge on any atom is -0.480 e. The lowest BCUT2D eigenvalue weighted by Gasteiger charge is -2.21. The van der Waals surface area contributed by atoms with Crippen LogP contribution in [0.1, 0.15) is 32.6 Å². The summed E-state index contributed by atoms with van der Waals surface area (Å²) in [6, 6.07) is -3.22. The molecule has 27 heavy (non-hydrogen) atoms. The van der Waals surface area contributed by atoms with Gasteiger partial charge in [-0.15, -0.1) is 0 Å². The van der Waals surface area contributed by atoms with Crippen LogP contribution in [-0.4, -0.2) is 65.9 Å². The van der Waals surface area contributed by atoms with Gasteiger partial charge in [-0.05, 0) is 26.3 Å². The van der Waals surface area contributed by atoms with Gasteiger partial charge >= 0.3 is 5.97 Å². The summed E-state index contributed by atoms with van der Waals surface area (Å²) in [5, 5.41) is 15.3. The van der Waals surface area contributed by atoms with Gasteiger partial charge in [0.05, 0.1) is 12.5 Å². The first-order chi connectivity index (χ1) is 12.6. The monoisotopic (exact) mass is 388 g/mol. The molecule has 0 saturated carbocycles. The molecule has 0 radical (unpaired) electrons. The van der Waals surface area contributed by atoms with Crippen molar-refractivity contribution in [3.63, 3.8) is 0 Å². The van der Waals surface area contributed by atoms with Crippen LogP contribution >= 0.6 is 0 Å². The Balaban J connectivity index is 4.71. The van der Waals surface area contributed by atoms with Crippen molar-refractivity contribution in [2.24, 2.45) is 17.2 Å². The van der Waals surface area contributed by atoms with Crippen LogP contribution in [0.3, 0.4) is 0 Å². The summed E-state index contributed by atoms with van der Waals surface area (Å²) in [6.45, 7) is 1.17. The van der Waals surface area contributed by atoms with Crippen LogP contribution < -0.4 is 33.2 Å². The number of unbranched alkanes of at least 4 members (excludes halogenated alkanes) is 1. The van der Waals surface area contributed by atoms with Crippen molar-refractivity contribution in [1.29, 1.82) is 0 Å². The topological polar surface area (TPSA) is 220 Å². The molecule has 12 nitrogen and oxygen atoms in total. The smallest absolute Gasteiger partial charge is 0.322 e. The summed E-state index contributed by atoms with van der Waals surface area (Å²) < 4.78 is 0. The van der Waals surface area contributed by atoms with E-state index in [0.29, 0.717) is 19.4 Å². The molecule has 0 spiro atoms. The van der Waals surface area contributed by atoms with Gasteiger partial charge in [0, 0.05) is 0 Å². The second kappa shape index (κ2) is 12.6. The summed E-state index contributed by atoms with van der Waals surface area (Å²) in [7, 11) is 0. The van der Waals surface area contributed by atoms with Crippen molar-refractivity contribution in [3.05, 3.63) is 0 Å². The van der Waals surface area contributed by atoms with Gasteiger partial charge in [-0.2, -0.15) is 0 Å². The van der Waals surface area contributed by atoms with E-state index in [2.05, 4.69) is 10.6 Å². The van der Waals surface area contributed by atoms with E-state index in [1.165, 1.54) is 6.92 Å². The average molecular weight is 388 g/mol. The fourth-order valence-electron chi connectivity index (χ4n) is 2.02. The lowest BCUT2D eigenvalue weighted by atomic mass is 10.1. The number of nitrogens with two attached hydrogens (primary N) is 3. The lowest BCUT2D eigenvalue weighted by Crippen LogP contribution is -2.55. The number of carboxylic acid groups (broad SMARTS) is 1. The molecule has 0 aromatic carbocycles. The molecule has 0 aromatic heterocycles. The molecule has 0 aliphatic carbocycles. The van der Waals surface area contributed by atoms with Crippen molar-refractivity contribution in [2.75, 3.05) is 13.1 Å². The molecule has 3 unspecified atom stereocenters. The Morgan fingerprint density at radius 2 is 1.63 bits per heavy atom. The zero-order valence-electron chi connectivity index (χ0n) is 15.2. The zero-order chi connectivity index (χ0) is 21.0.